The van der Waals surface area contributed by atoms with E-state index in [1.165, 1.54) is 11.3 Å². The normalized spacial score (nSPS) is 9.82. The number of hydrogen-bond donors (Lipinski definition) is 0. The Morgan fingerprint density at radius 1 is 1.47 bits per heavy atom. The average Bonchev–Trinajstić information content (AvgIpc) is 2.89. The van der Waals surface area contributed by atoms with E-state index < -0.39 is 0 Å². The Hall–Kier alpha value is -1.86. The summed E-state index contributed by atoms with van der Waals surface area (Å²) in [6.07, 6.45) is 1.28. The van der Waals surface area contributed by atoms with E-state index in [1.807, 2.05) is 29.6 Å². The number of aromatic nitrogens is 1. The van der Waals surface area contributed by atoms with Crippen molar-refractivity contribution >= 4 is 11.3 Å². The predicted octanol–water partition coefficient (Wildman–Crippen LogP) is 3.29. The zero-order chi connectivity index (χ0) is 11.9. The van der Waals surface area contributed by atoms with Gasteiger partial charge in [-0.1, -0.05) is 12.1 Å². The number of nitrogens with zero attached hydrogens (tertiary/aromatic N) is 2. The molecule has 4 heteroatoms. The van der Waals surface area contributed by atoms with E-state index >= 15 is 0 Å². The lowest BCUT2D eigenvalue weighted by molar-refractivity contribution is 0.313. The van der Waals surface area contributed by atoms with Crippen LogP contribution in [0.3, 0.4) is 0 Å². The zero-order valence-electron chi connectivity index (χ0n) is 9.22. The van der Waals surface area contributed by atoms with Crippen LogP contribution < -0.4 is 4.74 Å². The van der Waals surface area contributed by atoms with E-state index in [0.717, 1.165) is 23.4 Å². The largest absolute Gasteiger partial charge is 0.494 e. The summed E-state index contributed by atoms with van der Waals surface area (Å²) in [4.78, 5) is 4.13. The Kier molecular flexibility index (Phi) is 4.11. The van der Waals surface area contributed by atoms with E-state index in [4.69, 9.17) is 10.00 Å². The van der Waals surface area contributed by atoms with E-state index in [2.05, 4.69) is 16.6 Å². The fraction of sp³-hybridized carbons (Fsp3) is 0.231. The number of benzene rings is 1. The van der Waals surface area contributed by atoms with Gasteiger partial charge in [0.05, 0.1) is 18.4 Å². The van der Waals surface area contributed by atoms with Crippen molar-refractivity contribution in [1.82, 2.24) is 4.98 Å². The first-order valence-corrected chi connectivity index (χ1v) is 6.20. The molecule has 17 heavy (non-hydrogen) atoms. The van der Waals surface area contributed by atoms with Crippen molar-refractivity contribution < 1.29 is 4.74 Å². The SMILES string of the molecule is N#CCCCOc1cccc(-c2cs[c]n2)c1. The van der Waals surface area contributed by atoms with Gasteiger partial charge in [0.15, 0.2) is 5.51 Å². The van der Waals surface area contributed by atoms with E-state index in [-0.39, 0.29) is 0 Å². The topological polar surface area (TPSA) is 45.9 Å². The molecule has 0 saturated heterocycles. The maximum absolute atomic E-state index is 8.42. The van der Waals surface area contributed by atoms with Crippen molar-refractivity contribution in [2.45, 2.75) is 12.8 Å². The lowest BCUT2D eigenvalue weighted by Crippen LogP contribution is -1.96. The highest BCUT2D eigenvalue weighted by atomic mass is 32.1. The van der Waals surface area contributed by atoms with Gasteiger partial charge in [0.1, 0.15) is 5.75 Å². The first kappa shape index (κ1) is 11.6. The molecule has 0 atom stereocenters. The first-order valence-electron chi connectivity index (χ1n) is 5.32. The molecular weight excluding hydrogens is 232 g/mol. The summed E-state index contributed by atoms with van der Waals surface area (Å²) in [5, 5.41) is 10.4. The molecule has 0 fully saturated rings. The van der Waals surface area contributed by atoms with Gasteiger partial charge in [-0.25, -0.2) is 4.98 Å². The highest BCUT2D eigenvalue weighted by Gasteiger charge is 2.01. The van der Waals surface area contributed by atoms with Gasteiger partial charge >= 0.3 is 0 Å². The second-order valence-corrected chi connectivity index (χ2v) is 4.12. The number of hydrogen-bond acceptors (Lipinski definition) is 4. The van der Waals surface area contributed by atoms with E-state index in [1.54, 1.807) is 0 Å². The Labute approximate surface area is 104 Å². The number of thiazole rings is 1. The Balaban J connectivity index is 2.00. The van der Waals surface area contributed by atoms with Gasteiger partial charge in [-0.2, -0.15) is 5.26 Å². The van der Waals surface area contributed by atoms with Crippen LogP contribution in [0.25, 0.3) is 11.3 Å². The molecule has 3 nitrogen and oxygen atoms in total. The van der Waals surface area contributed by atoms with Gasteiger partial charge in [-0.15, -0.1) is 11.3 Å². The lowest BCUT2D eigenvalue weighted by atomic mass is 10.2. The molecule has 0 N–H and O–H groups in total. The maximum atomic E-state index is 8.42. The van der Waals surface area contributed by atoms with Crippen LogP contribution in [0.15, 0.2) is 29.6 Å². The summed E-state index contributed by atoms with van der Waals surface area (Å²) in [7, 11) is 0. The molecule has 2 aromatic rings. The summed E-state index contributed by atoms with van der Waals surface area (Å²) in [6, 6.07) is 9.89. The zero-order valence-corrected chi connectivity index (χ0v) is 10.0. The fourth-order valence-corrected chi connectivity index (χ4v) is 1.91. The molecule has 0 saturated carbocycles. The average molecular weight is 243 g/mol. The van der Waals surface area contributed by atoms with Crippen molar-refractivity contribution in [3.63, 3.8) is 0 Å². The minimum atomic E-state index is 0.529. The molecule has 1 aromatic carbocycles. The van der Waals surface area contributed by atoms with Crippen molar-refractivity contribution in [2.75, 3.05) is 6.61 Å². The molecule has 85 valence electrons. The molecule has 1 radical (unpaired) electrons. The van der Waals surface area contributed by atoms with Gasteiger partial charge in [0.2, 0.25) is 0 Å². The first-order chi connectivity index (χ1) is 8.40. The van der Waals surface area contributed by atoms with Crippen LogP contribution in [0, 0.1) is 16.8 Å². The van der Waals surface area contributed by atoms with Crippen LogP contribution in [-0.4, -0.2) is 11.6 Å². The molecule has 0 amide bonds. The minimum absolute atomic E-state index is 0.529. The third-order valence-corrected chi connectivity index (χ3v) is 2.76. The summed E-state index contributed by atoms with van der Waals surface area (Å²) in [5.74, 6) is 0.813. The van der Waals surface area contributed by atoms with Gasteiger partial charge < -0.3 is 4.74 Å². The lowest BCUT2D eigenvalue weighted by Gasteiger charge is -2.05. The standard InChI is InChI=1S/C13H11N2OS/c14-6-1-2-7-16-12-5-3-4-11(8-12)13-9-17-10-15-13/h3-5,8-9H,1-2,7H2. The number of unbranched alkanes of at least 4 members (excludes halogenated alkanes) is 1. The third kappa shape index (κ3) is 3.30. The molecule has 2 rings (SSSR count). The predicted molar refractivity (Wildman–Crippen MR) is 66.7 cm³/mol. The number of rotatable bonds is 5. The van der Waals surface area contributed by atoms with Gasteiger partial charge in [0, 0.05) is 17.4 Å². The van der Waals surface area contributed by atoms with Crippen LogP contribution in [0.5, 0.6) is 5.75 Å². The molecular formula is C13H11N2OS. The Morgan fingerprint density at radius 2 is 2.41 bits per heavy atom. The van der Waals surface area contributed by atoms with Crippen molar-refractivity contribution in [1.29, 1.82) is 5.26 Å². The quantitative estimate of drug-likeness (QED) is 0.757. The van der Waals surface area contributed by atoms with Gasteiger partial charge in [-0.3, -0.25) is 0 Å². The summed E-state index contributed by atoms with van der Waals surface area (Å²) < 4.78 is 5.56. The molecule has 0 aliphatic carbocycles. The van der Waals surface area contributed by atoms with Crippen LogP contribution in [0.1, 0.15) is 12.8 Å². The molecule has 0 spiro atoms. The van der Waals surface area contributed by atoms with Crippen molar-refractivity contribution in [2.24, 2.45) is 0 Å². The second-order valence-electron chi connectivity index (χ2n) is 3.46. The Morgan fingerprint density at radius 3 is 3.18 bits per heavy atom. The number of ether oxygens (including phenoxy) is 1. The minimum Gasteiger partial charge on any atom is -0.494 e. The smallest absolute Gasteiger partial charge is 0.152 e. The third-order valence-electron chi connectivity index (χ3n) is 2.22. The molecule has 0 aliphatic heterocycles. The molecule has 0 aliphatic rings. The molecule has 1 aromatic heterocycles. The molecule has 0 bridgehead atoms. The highest BCUT2D eigenvalue weighted by molar-refractivity contribution is 7.07. The van der Waals surface area contributed by atoms with Crippen molar-refractivity contribution in [3.05, 3.63) is 35.2 Å². The van der Waals surface area contributed by atoms with Crippen LogP contribution in [0.2, 0.25) is 0 Å². The second kappa shape index (κ2) is 6.02. The van der Waals surface area contributed by atoms with Crippen LogP contribution in [0.4, 0.5) is 0 Å². The van der Waals surface area contributed by atoms with E-state index in [0.29, 0.717) is 13.0 Å². The fourth-order valence-electron chi connectivity index (χ4n) is 1.40. The number of nitriles is 1. The molecule has 1 heterocycles. The Bertz CT molecular complexity index is 502. The maximum Gasteiger partial charge on any atom is 0.152 e. The summed E-state index contributed by atoms with van der Waals surface area (Å²) >= 11 is 1.45. The van der Waals surface area contributed by atoms with Crippen LogP contribution in [-0.2, 0) is 0 Å². The van der Waals surface area contributed by atoms with Crippen LogP contribution >= 0.6 is 11.3 Å². The van der Waals surface area contributed by atoms with Gasteiger partial charge in [-0.05, 0) is 18.6 Å². The summed E-state index contributed by atoms with van der Waals surface area (Å²) in [6.45, 7) is 0.570. The highest BCUT2D eigenvalue weighted by Crippen LogP contribution is 2.23. The molecule has 0 unspecified atom stereocenters. The monoisotopic (exact) mass is 243 g/mol. The van der Waals surface area contributed by atoms with E-state index in [9.17, 15) is 0 Å². The van der Waals surface area contributed by atoms with Gasteiger partial charge in [0.25, 0.3) is 0 Å². The van der Waals surface area contributed by atoms with Crippen molar-refractivity contribution in [3.8, 4) is 23.1 Å². The summed E-state index contributed by atoms with van der Waals surface area (Å²) in [5.41, 5.74) is 4.76.